The molecule has 0 fully saturated rings. The van der Waals surface area contributed by atoms with E-state index in [-0.39, 0.29) is 0 Å². The second-order valence-corrected chi connectivity index (χ2v) is 8.61. The first kappa shape index (κ1) is 14.0. The zero-order chi connectivity index (χ0) is 13.2. The molecule has 3 heterocycles. The van der Waals surface area contributed by atoms with Gasteiger partial charge in [-0.25, -0.2) is 0 Å². The minimum atomic E-state index is 1.03. The largest absolute Gasteiger partial charge is 0.152 e. The summed E-state index contributed by atoms with van der Waals surface area (Å²) in [6.07, 6.45) is 2.06. The molecule has 0 saturated carbocycles. The smallest absolute Gasteiger partial charge is 0.0317 e. The lowest BCUT2D eigenvalue weighted by atomic mass is 10.1. The molecule has 0 aliphatic carbocycles. The maximum Gasteiger partial charge on any atom is 0.0317 e. The fraction of sp³-hybridized carbons (Fsp3) is 0.143. The molecule has 3 rings (SSSR count). The second-order valence-electron chi connectivity index (χ2n) is 4.16. The predicted molar refractivity (Wildman–Crippen MR) is 94.0 cm³/mol. The van der Waals surface area contributed by atoms with E-state index >= 15 is 0 Å². The van der Waals surface area contributed by atoms with Crippen molar-refractivity contribution in [2.45, 2.75) is 12.8 Å². The summed E-state index contributed by atoms with van der Waals surface area (Å²) in [4.78, 5) is 2.81. The predicted octanol–water partition coefficient (Wildman–Crippen LogP) is 6.58. The molecule has 0 nitrogen and oxygen atoms in total. The third-order valence-electron chi connectivity index (χ3n) is 2.92. The standard InChI is InChI=1S/C14H10Br2S3/c15-11-1-3-18-13(11)5-9-7-17-8-10(9)6-14-12(16)2-4-19-14/h1-4,7-8H,5-6H2. The van der Waals surface area contributed by atoms with Crippen molar-refractivity contribution < 1.29 is 0 Å². The van der Waals surface area contributed by atoms with E-state index in [4.69, 9.17) is 0 Å². The molecule has 0 unspecified atom stereocenters. The lowest BCUT2D eigenvalue weighted by Gasteiger charge is -2.03. The van der Waals surface area contributed by atoms with Crippen LogP contribution in [0.1, 0.15) is 20.9 Å². The Morgan fingerprint density at radius 1 is 0.789 bits per heavy atom. The van der Waals surface area contributed by atoms with E-state index in [1.54, 1.807) is 11.3 Å². The highest BCUT2D eigenvalue weighted by molar-refractivity contribution is 9.10. The van der Waals surface area contributed by atoms with Gasteiger partial charge in [-0.1, -0.05) is 0 Å². The van der Waals surface area contributed by atoms with Gasteiger partial charge < -0.3 is 0 Å². The molecule has 0 aliphatic rings. The third-order valence-corrected chi connectivity index (χ3v) is 7.61. The Morgan fingerprint density at radius 2 is 1.26 bits per heavy atom. The normalized spacial score (nSPS) is 11.1. The van der Waals surface area contributed by atoms with Crippen molar-refractivity contribution in [2.24, 2.45) is 0 Å². The molecule has 0 aromatic carbocycles. The molecule has 0 radical (unpaired) electrons. The molecule has 98 valence electrons. The van der Waals surface area contributed by atoms with Crippen molar-refractivity contribution in [2.75, 3.05) is 0 Å². The Balaban J connectivity index is 1.83. The molecular weight excluding hydrogens is 424 g/mol. The van der Waals surface area contributed by atoms with Crippen LogP contribution >= 0.6 is 65.9 Å². The van der Waals surface area contributed by atoms with E-state index in [0.717, 1.165) is 12.8 Å². The number of halogens is 2. The van der Waals surface area contributed by atoms with Gasteiger partial charge in [0.2, 0.25) is 0 Å². The van der Waals surface area contributed by atoms with Gasteiger partial charge in [-0.15, -0.1) is 22.7 Å². The molecule has 0 bridgehead atoms. The maximum atomic E-state index is 3.62. The summed E-state index contributed by atoms with van der Waals surface area (Å²) in [7, 11) is 0. The Hall–Kier alpha value is 0.0600. The van der Waals surface area contributed by atoms with Gasteiger partial charge in [-0.2, -0.15) is 11.3 Å². The van der Waals surface area contributed by atoms with Crippen LogP contribution in [0.25, 0.3) is 0 Å². The van der Waals surface area contributed by atoms with Gasteiger partial charge in [0.05, 0.1) is 0 Å². The van der Waals surface area contributed by atoms with E-state index in [1.807, 2.05) is 22.7 Å². The van der Waals surface area contributed by atoms with Crippen LogP contribution in [0.4, 0.5) is 0 Å². The molecule has 5 heteroatoms. The highest BCUT2D eigenvalue weighted by Gasteiger charge is 2.11. The molecule has 3 aromatic heterocycles. The fourth-order valence-electron chi connectivity index (χ4n) is 1.91. The van der Waals surface area contributed by atoms with Gasteiger partial charge in [0.25, 0.3) is 0 Å². The van der Waals surface area contributed by atoms with Crippen LogP contribution in [-0.2, 0) is 12.8 Å². The van der Waals surface area contributed by atoms with Crippen molar-refractivity contribution in [1.29, 1.82) is 0 Å². The minimum Gasteiger partial charge on any atom is -0.152 e. The van der Waals surface area contributed by atoms with Crippen molar-refractivity contribution in [1.82, 2.24) is 0 Å². The summed E-state index contributed by atoms with van der Waals surface area (Å²) in [5.41, 5.74) is 2.90. The first-order chi connectivity index (χ1) is 9.24. The topological polar surface area (TPSA) is 0 Å². The minimum absolute atomic E-state index is 1.03. The van der Waals surface area contributed by atoms with E-state index in [9.17, 15) is 0 Å². The molecule has 0 amide bonds. The summed E-state index contributed by atoms with van der Waals surface area (Å²) in [6.45, 7) is 0. The molecule has 3 aromatic rings. The molecule has 0 N–H and O–H groups in total. The lowest BCUT2D eigenvalue weighted by molar-refractivity contribution is 1.14. The number of hydrogen-bond acceptors (Lipinski definition) is 3. The molecule has 0 spiro atoms. The van der Waals surface area contributed by atoms with Crippen LogP contribution in [-0.4, -0.2) is 0 Å². The van der Waals surface area contributed by atoms with Crippen LogP contribution in [0.5, 0.6) is 0 Å². The Morgan fingerprint density at radius 3 is 1.63 bits per heavy atom. The van der Waals surface area contributed by atoms with E-state index in [0.29, 0.717) is 0 Å². The monoisotopic (exact) mass is 432 g/mol. The van der Waals surface area contributed by atoms with Crippen LogP contribution in [0.2, 0.25) is 0 Å². The number of rotatable bonds is 4. The highest BCUT2D eigenvalue weighted by atomic mass is 79.9. The summed E-state index contributed by atoms with van der Waals surface area (Å²) in [5.74, 6) is 0. The van der Waals surface area contributed by atoms with Crippen LogP contribution < -0.4 is 0 Å². The average Bonchev–Trinajstić information content (AvgIpc) is 3.08. The quantitative estimate of drug-likeness (QED) is 0.435. The van der Waals surface area contributed by atoms with Gasteiger partial charge in [0.15, 0.2) is 0 Å². The fourth-order valence-corrected chi connectivity index (χ4v) is 5.81. The van der Waals surface area contributed by atoms with Crippen LogP contribution in [0.3, 0.4) is 0 Å². The Bertz CT molecular complexity index is 621. The SMILES string of the molecule is Brc1ccsc1Cc1cscc1Cc1sccc1Br. The summed E-state index contributed by atoms with van der Waals surface area (Å²) in [5, 5.41) is 8.84. The van der Waals surface area contributed by atoms with Gasteiger partial charge in [0.1, 0.15) is 0 Å². The molecular formula is C14H10Br2S3. The summed E-state index contributed by atoms with van der Waals surface area (Å²) < 4.78 is 2.46. The molecule has 0 aliphatic heterocycles. The Kier molecular flexibility index (Phi) is 4.59. The number of thiophene rings is 3. The first-order valence-corrected chi connectivity index (χ1v) is 10.0. The zero-order valence-electron chi connectivity index (χ0n) is 9.86. The van der Waals surface area contributed by atoms with Crippen molar-refractivity contribution >= 4 is 65.9 Å². The van der Waals surface area contributed by atoms with Crippen molar-refractivity contribution in [3.05, 3.63) is 63.5 Å². The van der Waals surface area contributed by atoms with Gasteiger partial charge in [-0.3, -0.25) is 0 Å². The van der Waals surface area contributed by atoms with Crippen molar-refractivity contribution in [3.8, 4) is 0 Å². The van der Waals surface area contributed by atoms with E-state index in [1.165, 1.54) is 29.8 Å². The average molecular weight is 434 g/mol. The molecule has 19 heavy (non-hydrogen) atoms. The lowest BCUT2D eigenvalue weighted by Crippen LogP contribution is -1.91. The van der Waals surface area contributed by atoms with Crippen LogP contribution in [0, 0.1) is 0 Å². The van der Waals surface area contributed by atoms with Gasteiger partial charge >= 0.3 is 0 Å². The maximum absolute atomic E-state index is 3.62. The number of hydrogen-bond donors (Lipinski definition) is 0. The van der Waals surface area contributed by atoms with Gasteiger partial charge in [-0.05, 0) is 76.6 Å². The second kappa shape index (κ2) is 6.22. The summed E-state index contributed by atoms with van der Waals surface area (Å²) >= 11 is 12.7. The Labute approximate surface area is 141 Å². The van der Waals surface area contributed by atoms with E-state index < -0.39 is 0 Å². The van der Waals surface area contributed by atoms with Crippen LogP contribution in [0.15, 0.2) is 42.6 Å². The van der Waals surface area contributed by atoms with Crippen molar-refractivity contribution in [3.63, 3.8) is 0 Å². The summed E-state index contributed by atoms with van der Waals surface area (Å²) in [6, 6.07) is 4.25. The van der Waals surface area contributed by atoms with Gasteiger partial charge in [0, 0.05) is 31.5 Å². The zero-order valence-corrected chi connectivity index (χ0v) is 15.5. The first-order valence-electron chi connectivity index (χ1n) is 5.71. The third kappa shape index (κ3) is 3.22. The molecule has 0 saturated heterocycles. The highest BCUT2D eigenvalue weighted by Crippen LogP contribution is 2.31. The molecule has 0 atom stereocenters. The van der Waals surface area contributed by atoms with E-state index in [2.05, 4.69) is 65.5 Å².